The first-order valence-electron chi connectivity index (χ1n) is 5.85. The van der Waals surface area contributed by atoms with Gasteiger partial charge in [0.1, 0.15) is 0 Å². The van der Waals surface area contributed by atoms with Gasteiger partial charge in [0.2, 0.25) is 10.0 Å². The van der Waals surface area contributed by atoms with Crippen molar-refractivity contribution in [3.8, 4) is 0 Å². The Labute approximate surface area is 118 Å². The van der Waals surface area contributed by atoms with E-state index in [1.807, 2.05) is 0 Å². The van der Waals surface area contributed by atoms with Crippen LogP contribution in [0.1, 0.15) is 11.1 Å². The third kappa shape index (κ3) is 5.41. The molecular formula is C13H17NO5S. The van der Waals surface area contributed by atoms with Crippen molar-refractivity contribution >= 4 is 27.8 Å². The van der Waals surface area contributed by atoms with E-state index in [-0.39, 0.29) is 12.4 Å². The molecule has 0 radical (unpaired) electrons. The molecule has 2 N–H and O–H groups in total. The van der Waals surface area contributed by atoms with Crippen LogP contribution in [0.2, 0.25) is 0 Å². The van der Waals surface area contributed by atoms with Gasteiger partial charge in [-0.1, -0.05) is 12.1 Å². The van der Waals surface area contributed by atoms with Gasteiger partial charge in [-0.3, -0.25) is 4.72 Å². The molecule has 0 aliphatic carbocycles. The number of anilines is 1. The minimum atomic E-state index is -3.48. The smallest absolute Gasteiger partial charge is 0.328 e. The topological polar surface area (TPSA) is 92.7 Å². The number of sulfonamides is 1. The summed E-state index contributed by atoms with van der Waals surface area (Å²) >= 11 is 0. The highest BCUT2D eigenvalue weighted by atomic mass is 32.2. The summed E-state index contributed by atoms with van der Waals surface area (Å²) in [6, 6.07) is 5.01. The largest absolute Gasteiger partial charge is 0.478 e. The third-order valence-corrected chi connectivity index (χ3v) is 3.74. The quantitative estimate of drug-likeness (QED) is 0.744. The summed E-state index contributed by atoms with van der Waals surface area (Å²) in [5, 5.41) is 8.57. The number of hydrogen-bond acceptors (Lipinski definition) is 4. The summed E-state index contributed by atoms with van der Waals surface area (Å²) in [6.45, 7) is 1.87. The van der Waals surface area contributed by atoms with Crippen molar-refractivity contribution in [3.05, 3.63) is 35.4 Å². The van der Waals surface area contributed by atoms with E-state index in [1.165, 1.54) is 13.2 Å². The van der Waals surface area contributed by atoms with Crippen molar-refractivity contribution in [2.24, 2.45) is 0 Å². The molecule has 0 bridgehead atoms. The molecule has 0 heterocycles. The lowest BCUT2D eigenvalue weighted by atomic mass is 10.1. The number of ether oxygens (including phenoxy) is 1. The fraction of sp³-hybridized carbons (Fsp3) is 0.308. The van der Waals surface area contributed by atoms with Crippen molar-refractivity contribution in [2.75, 3.05) is 24.2 Å². The first kappa shape index (κ1) is 16.2. The Morgan fingerprint density at radius 3 is 2.75 bits per heavy atom. The Bertz CT molecular complexity index is 607. The van der Waals surface area contributed by atoms with Crippen LogP contribution in [0.15, 0.2) is 24.3 Å². The highest BCUT2D eigenvalue weighted by Gasteiger charge is 2.11. The number of rotatable bonds is 7. The first-order chi connectivity index (χ1) is 9.34. The van der Waals surface area contributed by atoms with Crippen molar-refractivity contribution < 1.29 is 23.1 Å². The molecule has 1 rings (SSSR count). The number of nitrogens with one attached hydrogen (secondary N) is 1. The van der Waals surface area contributed by atoms with Gasteiger partial charge in [0, 0.05) is 13.2 Å². The van der Waals surface area contributed by atoms with Crippen molar-refractivity contribution in [2.45, 2.75) is 6.92 Å². The molecule has 6 nitrogen and oxygen atoms in total. The molecule has 20 heavy (non-hydrogen) atoms. The van der Waals surface area contributed by atoms with Crippen LogP contribution in [0.25, 0.3) is 6.08 Å². The fourth-order valence-electron chi connectivity index (χ4n) is 1.43. The number of carboxylic acid groups (broad SMARTS) is 1. The maximum absolute atomic E-state index is 11.8. The molecule has 1 aromatic rings. The maximum Gasteiger partial charge on any atom is 0.328 e. The number of aliphatic carboxylic acids is 1. The lowest BCUT2D eigenvalue weighted by molar-refractivity contribution is -0.131. The molecule has 7 heteroatoms. The SMILES string of the molecule is COCCS(=O)(=O)Nc1cc(C=CC(=O)O)ccc1C. The second-order valence-corrected chi connectivity index (χ2v) is 6.00. The Kier molecular flexibility index (Phi) is 5.72. The Balaban J connectivity index is 2.94. The lowest BCUT2D eigenvalue weighted by Crippen LogP contribution is -2.20. The molecule has 0 unspecified atom stereocenters. The van der Waals surface area contributed by atoms with E-state index in [2.05, 4.69) is 4.72 Å². The molecular weight excluding hydrogens is 282 g/mol. The van der Waals surface area contributed by atoms with Crippen LogP contribution in [0.4, 0.5) is 5.69 Å². The zero-order valence-electron chi connectivity index (χ0n) is 11.3. The van der Waals surface area contributed by atoms with Crippen LogP contribution in [0.3, 0.4) is 0 Å². The molecule has 0 aliphatic heterocycles. The van der Waals surface area contributed by atoms with Gasteiger partial charge in [0.05, 0.1) is 18.0 Å². The number of aryl methyl sites for hydroxylation is 1. The van der Waals surface area contributed by atoms with E-state index >= 15 is 0 Å². The number of benzene rings is 1. The molecule has 0 spiro atoms. The van der Waals surface area contributed by atoms with Crippen LogP contribution in [0.5, 0.6) is 0 Å². The monoisotopic (exact) mass is 299 g/mol. The number of hydrogen-bond donors (Lipinski definition) is 2. The second-order valence-electron chi connectivity index (χ2n) is 4.16. The van der Waals surface area contributed by atoms with Crippen molar-refractivity contribution in [3.63, 3.8) is 0 Å². The predicted octanol–water partition coefficient (Wildman–Crippen LogP) is 1.48. The zero-order chi connectivity index (χ0) is 15.2. The van der Waals surface area contributed by atoms with Crippen LogP contribution in [0, 0.1) is 6.92 Å². The molecule has 1 aromatic carbocycles. The van der Waals surface area contributed by atoms with Gasteiger partial charge in [0.15, 0.2) is 0 Å². The number of methoxy groups -OCH3 is 1. The van der Waals surface area contributed by atoms with Crippen LogP contribution in [-0.2, 0) is 19.6 Å². The van der Waals surface area contributed by atoms with Crippen LogP contribution < -0.4 is 4.72 Å². The number of carbonyl (C=O) groups is 1. The third-order valence-electron chi connectivity index (χ3n) is 2.50. The average molecular weight is 299 g/mol. The normalized spacial score (nSPS) is 11.7. The first-order valence-corrected chi connectivity index (χ1v) is 7.50. The number of carboxylic acids is 1. The minimum Gasteiger partial charge on any atom is -0.478 e. The minimum absolute atomic E-state index is 0.104. The lowest BCUT2D eigenvalue weighted by Gasteiger charge is -2.11. The predicted molar refractivity (Wildman–Crippen MR) is 77.1 cm³/mol. The molecule has 110 valence electrons. The van der Waals surface area contributed by atoms with Gasteiger partial charge in [-0.2, -0.15) is 0 Å². The molecule has 0 saturated carbocycles. The standard InChI is InChI=1S/C13H17NO5S/c1-10-3-4-11(5-6-13(15)16)9-12(10)14-20(17,18)8-7-19-2/h3-6,9,14H,7-8H2,1-2H3,(H,15,16). The van der Waals surface area contributed by atoms with Gasteiger partial charge >= 0.3 is 5.97 Å². The summed E-state index contributed by atoms with van der Waals surface area (Å²) in [5.41, 5.74) is 1.77. The van der Waals surface area contributed by atoms with E-state index in [4.69, 9.17) is 9.84 Å². The summed E-state index contributed by atoms with van der Waals surface area (Å²) < 4.78 is 30.8. The van der Waals surface area contributed by atoms with E-state index in [0.717, 1.165) is 11.6 Å². The molecule has 0 fully saturated rings. The van der Waals surface area contributed by atoms with E-state index in [0.29, 0.717) is 11.3 Å². The van der Waals surface area contributed by atoms with E-state index in [9.17, 15) is 13.2 Å². The molecule has 0 atom stereocenters. The fourth-order valence-corrected chi connectivity index (χ4v) is 2.48. The van der Waals surface area contributed by atoms with Crippen molar-refractivity contribution in [1.82, 2.24) is 0 Å². The summed E-state index contributed by atoms with van der Waals surface area (Å²) in [4.78, 5) is 10.5. The average Bonchev–Trinajstić information content (AvgIpc) is 2.37. The molecule has 0 amide bonds. The van der Waals surface area contributed by atoms with Crippen LogP contribution >= 0.6 is 0 Å². The molecule has 0 aliphatic rings. The van der Waals surface area contributed by atoms with Gasteiger partial charge in [-0.25, -0.2) is 13.2 Å². The zero-order valence-corrected chi connectivity index (χ0v) is 12.1. The summed E-state index contributed by atoms with van der Waals surface area (Å²) in [7, 11) is -2.05. The van der Waals surface area contributed by atoms with Gasteiger partial charge < -0.3 is 9.84 Å². The van der Waals surface area contributed by atoms with Crippen molar-refractivity contribution in [1.29, 1.82) is 0 Å². The maximum atomic E-state index is 11.8. The summed E-state index contributed by atoms with van der Waals surface area (Å²) in [5.74, 6) is -1.20. The Hall–Kier alpha value is -1.86. The molecule has 0 aromatic heterocycles. The van der Waals surface area contributed by atoms with E-state index < -0.39 is 16.0 Å². The Morgan fingerprint density at radius 1 is 1.45 bits per heavy atom. The second kappa shape index (κ2) is 7.06. The van der Waals surface area contributed by atoms with Gasteiger partial charge in [-0.15, -0.1) is 0 Å². The van der Waals surface area contributed by atoms with E-state index in [1.54, 1.807) is 25.1 Å². The van der Waals surface area contributed by atoms with Crippen LogP contribution in [-0.4, -0.2) is 39.0 Å². The molecule has 0 saturated heterocycles. The summed E-state index contributed by atoms with van der Waals surface area (Å²) in [6.07, 6.45) is 2.39. The Morgan fingerprint density at radius 2 is 2.15 bits per heavy atom. The highest BCUT2D eigenvalue weighted by Crippen LogP contribution is 2.19. The van der Waals surface area contributed by atoms with Gasteiger partial charge in [-0.05, 0) is 30.2 Å². The van der Waals surface area contributed by atoms with Gasteiger partial charge in [0.25, 0.3) is 0 Å². The highest BCUT2D eigenvalue weighted by molar-refractivity contribution is 7.92.